The summed E-state index contributed by atoms with van der Waals surface area (Å²) in [7, 11) is -2.19. The molecule has 0 amide bonds. The van der Waals surface area contributed by atoms with Gasteiger partial charge in [-0.15, -0.1) is 0 Å². The van der Waals surface area contributed by atoms with E-state index >= 15 is 0 Å². The van der Waals surface area contributed by atoms with E-state index in [9.17, 15) is 8.42 Å². The van der Waals surface area contributed by atoms with Crippen molar-refractivity contribution in [3.05, 3.63) is 95.0 Å². The molecule has 5 nitrogen and oxygen atoms in total. The highest BCUT2D eigenvalue weighted by Crippen LogP contribution is 2.50. The number of halogens is 1. The number of benzene rings is 3. The van der Waals surface area contributed by atoms with Gasteiger partial charge >= 0.3 is 0 Å². The van der Waals surface area contributed by atoms with Crippen LogP contribution in [0.4, 0.5) is 11.4 Å². The zero-order valence-corrected chi connectivity index (χ0v) is 19.0. The van der Waals surface area contributed by atoms with E-state index in [1.54, 1.807) is 43.5 Å². The molecule has 0 unspecified atom stereocenters. The molecule has 0 saturated heterocycles. The first-order valence-corrected chi connectivity index (χ1v) is 12.3. The molecule has 32 heavy (non-hydrogen) atoms. The fourth-order valence-corrected chi connectivity index (χ4v) is 5.85. The smallest absolute Gasteiger partial charge is 0.261 e. The van der Waals surface area contributed by atoms with E-state index < -0.39 is 10.0 Å². The first-order chi connectivity index (χ1) is 15.4. The average molecular weight is 467 g/mol. The molecular weight excluding hydrogens is 444 g/mol. The molecule has 3 aromatic carbocycles. The minimum absolute atomic E-state index is 0.136. The van der Waals surface area contributed by atoms with E-state index in [1.165, 1.54) is 5.56 Å². The number of hydrogen-bond donors (Lipinski definition) is 2. The van der Waals surface area contributed by atoms with Gasteiger partial charge in [-0.2, -0.15) is 0 Å². The second kappa shape index (κ2) is 8.19. The van der Waals surface area contributed by atoms with Gasteiger partial charge in [0.05, 0.1) is 23.7 Å². The number of rotatable bonds is 5. The summed E-state index contributed by atoms with van der Waals surface area (Å²) in [5.74, 6) is 1.05. The summed E-state index contributed by atoms with van der Waals surface area (Å²) in [6.45, 7) is 0. The minimum atomic E-state index is -3.74. The molecule has 0 saturated carbocycles. The molecule has 1 aliphatic carbocycles. The molecule has 2 N–H and O–H groups in total. The van der Waals surface area contributed by atoms with Crippen LogP contribution in [0.5, 0.6) is 5.75 Å². The highest BCUT2D eigenvalue weighted by atomic mass is 35.5. The number of ether oxygens (including phenoxy) is 1. The third-order valence-corrected chi connectivity index (χ3v) is 7.83. The van der Waals surface area contributed by atoms with Crippen LogP contribution in [0.25, 0.3) is 0 Å². The van der Waals surface area contributed by atoms with Gasteiger partial charge in [0.15, 0.2) is 0 Å². The van der Waals surface area contributed by atoms with E-state index in [2.05, 4.69) is 34.3 Å². The van der Waals surface area contributed by atoms with Crippen LogP contribution in [0, 0.1) is 5.92 Å². The molecule has 0 aromatic heterocycles. The van der Waals surface area contributed by atoms with Crippen LogP contribution in [-0.2, 0) is 10.0 Å². The summed E-state index contributed by atoms with van der Waals surface area (Å²) < 4.78 is 34.0. The van der Waals surface area contributed by atoms with E-state index in [0.717, 1.165) is 17.7 Å². The molecule has 3 aromatic rings. The van der Waals surface area contributed by atoms with Gasteiger partial charge in [-0.1, -0.05) is 42.0 Å². The molecule has 1 heterocycles. The topological polar surface area (TPSA) is 67.4 Å². The molecule has 0 spiro atoms. The van der Waals surface area contributed by atoms with Crippen LogP contribution in [0.1, 0.15) is 29.5 Å². The highest BCUT2D eigenvalue weighted by Gasteiger charge is 2.38. The number of sulfonamides is 1. The molecule has 164 valence electrons. The van der Waals surface area contributed by atoms with Crippen molar-refractivity contribution in [3.8, 4) is 5.75 Å². The maximum atomic E-state index is 13.1. The maximum Gasteiger partial charge on any atom is 0.261 e. The lowest BCUT2D eigenvalue weighted by molar-refractivity contribution is 0.415. The first kappa shape index (κ1) is 20.9. The van der Waals surface area contributed by atoms with Gasteiger partial charge in [-0.05, 0) is 65.9 Å². The van der Waals surface area contributed by atoms with E-state index in [0.29, 0.717) is 22.4 Å². The number of nitrogens with one attached hydrogen (secondary N) is 2. The predicted molar refractivity (Wildman–Crippen MR) is 128 cm³/mol. The van der Waals surface area contributed by atoms with Gasteiger partial charge in [-0.25, -0.2) is 8.42 Å². The van der Waals surface area contributed by atoms with Crippen LogP contribution >= 0.6 is 11.6 Å². The van der Waals surface area contributed by atoms with Crippen molar-refractivity contribution >= 4 is 33.0 Å². The van der Waals surface area contributed by atoms with Gasteiger partial charge in [0.2, 0.25) is 0 Å². The number of fused-ring (bicyclic) bond motifs is 3. The van der Waals surface area contributed by atoms with Gasteiger partial charge in [0, 0.05) is 22.7 Å². The SMILES string of the molecule is COc1cccc(NS(=O)(=O)c2ccc3c(c2)[C@H]2C=CC[C@H]2[C@@H](c2ccc(Cl)cc2)N3)c1. The first-order valence-electron chi connectivity index (χ1n) is 10.4. The summed E-state index contributed by atoms with van der Waals surface area (Å²) in [4.78, 5) is 0.241. The lowest BCUT2D eigenvalue weighted by Gasteiger charge is -2.37. The molecule has 2 aliphatic rings. The Hall–Kier alpha value is -2.96. The molecule has 7 heteroatoms. The van der Waals surface area contributed by atoms with Crippen molar-refractivity contribution < 1.29 is 13.2 Å². The van der Waals surface area contributed by atoms with E-state index in [1.807, 2.05) is 18.2 Å². The lowest BCUT2D eigenvalue weighted by atomic mass is 9.77. The summed E-state index contributed by atoms with van der Waals surface area (Å²) in [5.41, 5.74) is 3.59. The number of anilines is 2. The number of hydrogen-bond acceptors (Lipinski definition) is 4. The van der Waals surface area contributed by atoms with E-state index in [-0.39, 0.29) is 16.9 Å². The van der Waals surface area contributed by atoms with Gasteiger partial charge < -0.3 is 10.1 Å². The summed E-state index contributed by atoms with van der Waals surface area (Å²) in [5, 5.41) is 4.35. The third kappa shape index (κ3) is 3.85. The third-order valence-electron chi connectivity index (χ3n) is 6.20. The van der Waals surface area contributed by atoms with Crippen molar-refractivity contribution in [2.45, 2.75) is 23.3 Å². The predicted octanol–water partition coefficient (Wildman–Crippen LogP) is 5.98. The van der Waals surface area contributed by atoms with Crippen molar-refractivity contribution in [2.75, 3.05) is 17.1 Å². The van der Waals surface area contributed by atoms with Crippen LogP contribution in [0.15, 0.2) is 83.8 Å². The molecule has 0 fully saturated rings. The maximum absolute atomic E-state index is 13.1. The Balaban J connectivity index is 1.47. The molecule has 5 rings (SSSR count). The van der Waals surface area contributed by atoms with Crippen molar-refractivity contribution in [3.63, 3.8) is 0 Å². The minimum Gasteiger partial charge on any atom is -0.497 e. The van der Waals surface area contributed by atoms with Gasteiger partial charge in [0.1, 0.15) is 5.75 Å². The Bertz CT molecular complexity index is 1290. The van der Waals surface area contributed by atoms with Crippen molar-refractivity contribution in [2.24, 2.45) is 5.92 Å². The Morgan fingerprint density at radius 1 is 1.06 bits per heavy atom. The molecule has 1 aliphatic heterocycles. The lowest BCUT2D eigenvalue weighted by Crippen LogP contribution is -2.29. The van der Waals surface area contributed by atoms with Crippen LogP contribution < -0.4 is 14.8 Å². The van der Waals surface area contributed by atoms with Crippen LogP contribution in [0.2, 0.25) is 5.02 Å². The Kier molecular flexibility index (Phi) is 5.35. The number of allylic oxidation sites excluding steroid dienone is 2. The summed E-state index contributed by atoms with van der Waals surface area (Å²) >= 11 is 6.08. The fourth-order valence-electron chi connectivity index (χ4n) is 4.64. The molecule has 0 bridgehead atoms. The van der Waals surface area contributed by atoms with Gasteiger partial charge in [-0.3, -0.25) is 4.72 Å². The standard InChI is InChI=1S/C25H23ClN2O3S/c1-31-19-5-2-4-18(14-19)28-32(29,30)20-12-13-24-23(15-20)21-6-3-7-22(21)25(27-24)16-8-10-17(26)11-9-16/h2-6,8-15,21-22,25,27-28H,7H2,1H3/t21-,22+,25+/m0/s1. The Morgan fingerprint density at radius 2 is 1.88 bits per heavy atom. The highest BCUT2D eigenvalue weighted by molar-refractivity contribution is 7.92. The second-order valence-electron chi connectivity index (χ2n) is 8.11. The zero-order valence-electron chi connectivity index (χ0n) is 17.5. The van der Waals surface area contributed by atoms with Gasteiger partial charge in [0.25, 0.3) is 10.0 Å². The summed E-state index contributed by atoms with van der Waals surface area (Å²) in [6.07, 6.45) is 5.31. The average Bonchev–Trinajstić information content (AvgIpc) is 3.29. The largest absolute Gasteiger partial charge is 0.497 e. The Labute approximate surface area is 193 Å². The molecule has 0 radical (unpaired) electrons. The monoisotopic (exact) mass is 466 g/mol. The van der Waals surface area contributed by atoms with Crippen LogP contribution in [-0.4, -0.2) is 15.5 Å². The van der Waals surface area contributed by atoms with Crippen LogP contribution in [0.3, 0.4) is 0 Å². The normalized spacial score (nSPS) is 21.4. The Morgan fingerprint density at radius 3 is 2.66 bits per heavy atom. The molecular formula is C25H23ClN2O3S. The molecule has 3 atom stereocenters. The zero-order chi connectivity index (χ0) is 22.3. The van der Waals surface area contributed by atoms with Crippen molar-refractivity contribution in [1.29, 1.82) is 0 Å². The quantitative estimate of drug-likeness (QED) is 0.454. The fraction of sp³-hybridized carbons (Fsp3) is 0.200. The second-order valence-corrected chi connectivity index (χ2v) is 10.2. The van der Waals surface area contributed by atoms with Crippen molar-refractivity contribution in [1.82, 2.24) is 0 Å². The number of methoxy groups -OCH3 is 1. The van der Waals surface area contributed by atoms with E-state index in [4.69, 9.17) is 16.3 Å². The summed E-state index contributed by atoms with van der Waals surface area (Å²) in [6, 6.07) is 20.2.